The Hall–Kier alpha value is -1.34. The van der Waals surface area contributed by atoms with Gasteiger partial charge in [0.1, 0.15) is 6.04 Å². The predicted molar refractivity (Wildman–Crippen MR) is 78.1 cm³/mol. The average molecular weight is 363 g/mol. The Kier molecular flexibility index (Phi) is 4.17. The molecule has 2 aromatic rings. The molecular weight excluding hydrogens is 349 g/mol. The second kappa shape index (κ2) is 5.46. The van der Waals surface area contributed by atoms with Crippen molar-refractivity contribution in [1.29, 1.82) is 0 Å². The van der Waals surface area contributed by atoms with E-state index in [4.69, 9.17) is 5.73 Å². The number of benzene rings is 1. The molecule has 0 amide bonds. The summed E-state index contributed by atoms with van der Waals surface area (Å²) in [5, 5.41) is 0.331. The molecule has 0 aliphatic rings. The first-order valence-electron chi connectivity index (χ1n) is 6.30. The van der Waals surface area contributed by atoms with Gasteiger partial charge in [0.05, 0.1) is 5.52 Å². The monoisotopic (exact) mass is 362 g/mol. The minimum Gasteiger partial charge on any atom is -0.316 e. The van der Waals surface area contributed by atoms with Crippen LogP contribution in [0.2, 0.25) is 0 Å². The second-order valence-corrected chi connectivity index (χ2v) is 6.04. The number of nitrogens with zero attached hydrogens (tertiary/aromatic N) is 1. The molecule has 3 nitrogen and oxygen atoms in total. The van der Waals surface area contributed by atoms with Crippen LogP contribution in [0.15, 0.2) is 28.9 Å². The lowest BCUT2D eigenvalue weighted by atomic mass is 10.1. The summed E-state index contributed by atoms with van der Waals surface area (Å²) in [6.07, 6.45) is -3.37. The molecule has 0 bridgehead atoms. The van der Waals surface area contributed by atoms with E-state index >= 15 is 0 Å². The molecule has 1 aromatic carbocycles. The highest BCUT2D eigenvalue weighted by atomic mass is 79.9. The van der Waals surface area contributed by atoms with Gasteiger partial charge in [-0.15, -0.1) is 0 Å². The number of rotatable bonds is 2. The Morgan fingerprint density at radius 2 is 1.95 bits per heavy atom. The minimum absolute atomic E-state index is 0.0981. The summed E-state index contributed by atoms with van der Waals surface area (Å²) >= 11 is 3.26. The van der Waals surface area contributed by atoms with Gasteiger partial charge in [0, 0.05) is 27.5 Å². The Labute approximate surface area is 128 Å². The summed E-state index contributed by atoms with van der Waals surface area (Å²) in [6.45, 7) is 3.38. The molecule has 7 heteroatoms. The topological polar surface area (TPSA) is 48.0 Å². The van der Waals surface area contributed by atoms with E-state index in [9.17, 15) is 18.0 Å². The van der Waals surface area contributed by atoms with Crippen LogP contribution in [0.25, 0.3) is 10.9 Å². The summed E-state index contributed by atoms with van der Waals surface area (Å²) in [5.41, 5.74) is 5.62. The van der Waals surface area contributed by atoms with Crippen LogP contribution in [0.3, 0.4) is 0 Å². The van der Waals surface area contributed by atoms with Gasteiger partial charge in [-0.1, -0.05) is 35.8 Å². The molecule has 114 valence electrons. The number of carbonyl (C=O) groups excluding carboxylic acids is 1. The van der Waals surface area contributed by atoms with Gasteiger partial charge >= 0.3 is 6.18 Å². The number of hydrogen-bond donors (Lipinski definition) is 1. The summed E-state index contributed by atoms with van der Waals surface area (Å²) in [4.78, 5) is 12.2. The predicted octanol–water partition coefficient (Wildman–Crippen LogP) is 4.26. The van der Waals surface area contributed by atoms with Crippen molar-refractivity contribution in [1.82, 2.24) is 4.57 Å². The quantitative estimate of drug-likeness (QED) is 0.867. The molecule has 1 aromatic heterocycles. The standard InChI is InChI=1S/C14H14BrF3N2O/c1-7(2)13(21)20-6-10(12(19)14(16,17)18)9-4-3-8(15)5-11(9)20/h3-7,12H,19H2,1-2H3/t12-/m0/s1. The maximum atomic E-state index is 12.9. The SMILES string of the molecule is CC(C)C(=O)n1cc([C@H](N)C(F)(F)F)c2ccc(Br)cc21. The van der Waals surface area contributed by atoms with Crippen LogP contribution < -0.4 is 5.73 Å². The summed E-state index contributed by atoms with van der Waals surface area (Å²) < 4.78 is 40.6. The number of alkyl halides is 3. The molecule has 0 fully saturated rings. The molecule has 0 aliphatic heterocycles. The van der Waals surface area contributed by atoms with Gasteiger partial charge in [-0.2, -0.15) is 13.2 Å². The molecule has 0 spiro atoms. The van der Waals surface area contributed by atoms with Crippen LogP contribution >= 0.6 is 15.9 Å². The van der Waals surface area contributed by atoms with Crippen LogP contribution in [0.1, 0.15) is 30.2 Å². The molecule has 2 rings (SSSR count). The lowest BCUT2D eigenvalue weighted by molar-refractivity contribution is -0.148. The summed E-state index contributed by atoms with van der Waals surface area (Å²) in [6, 6.07) is 2.65. The highest BCUT2D eigenvalue weighted by Crippen LogP contribution is 2.36. The van der Waals surface area contributed by atoms with Crippen LogP contribution in [0, 0.1) is 5.92 Å². The van der Waals surface area contributed by atoms with E-state index in [1.807, 2.05) is 0 Å². The number of fused-ring (bicyclic) bond motifs is 1. The van der Waals surface area contributed by atoms with Gasteiger partial charge in [0.25, 0.3) is 0 Å². The van der Waals surface area contributed by atoms with Crippen LogP contribution in [0.5, 0.6) is 0 Å². The van der Waals surface area contributed by atoms with Crippen molar-refractivity contribution < 1.29 is 18.0 Å². The van der Waals surface area contributed by atoms with Crippen LogP contribution in [-0.2, 0) is 0 Å². The van der Waals surface area contributed by atoms with Crippen LogP contribution in [-0.4, -0.2) is 16.7 Å². The van der Waals surface area contributed by atoms with Crippen molar-refractivity contribution in [2.24, 2.45) is 11.7 Å². The van der Waals surface area contributed by atoms with Gasteiger partial charge in [-0.25, -0.2) is 0 Å². The van der Waals surface area contributed by atoms with Gasteiger partial charge in [-0.05, 0) is 12.1 Å². The number of carbonyl (C=O) groups is 1. The Morgan fingerprint density at radius 1 is 1.33 bits per heavy atom. The second-order valence-electron chi connectivity index (χ2n) is 5.13. The minimum atomic E-state index is -4.56. The molecule has 21 heavy (non-hydrogen) atoms. The molecule has 1 heterocycles. The fraction of sp³-hybridized carbons (Fsp3) is 0.357. The first-order chi connectivity index (χ1) is 9.62. The first kappa shape index (κ1) is 16.0. The molecule has 0 aliphatic carbocycles. The van der Waals surface area contributed by atoms with E-state index in [1.54, 1.807) is 26.0 Å². The normalized spacial score (nSPS) is 13.9. The Balaban J connectivity index is 2.71. The zero-order chi connectivity index (χ0) is 15.9. The molecule has 1 atom stereocenters. The maximum absolute atomic E-state index is 12.9. The molecule has 0 saturated heterocycles. The van der Waals surface area contributed by atoms with E-state index in [1.165, 1.54) is 16.8 Å². The highest BCUT2D eigenvalue weighted by Gasteiger charge is 2.39. The maximum Gasteiger partial charge on any atom is 0.407 e. The van der Waals surface area contributed by atoms with E-state index < -0.39 is 12.2 Å². The fourth-order valence-corrected chi connectivity index (χ4v) is 2.46. The van der Waals surface area contributed by atoms with Crippen LogP contribution in [0.4, 0.5) is 13.2 Å². The van der Waals surface area contributed by atoms with Gasteiger partial charge in [-0.3, -0.25) is 9.36 Å². The van der Waals surface area contributed by atoms with Crippen molar-refractivity contribution in [3.63, 3.8) is 0 Å². The van der Waals surface area contributed by atoms with Gasteiger partial charge < -0.3 is 5.73 Å². The molecule has 0 saturated carbocycles. The van der Waals surface area contributed by atoms with Crippen molar-refractivity contribution in [2.75, 3.05) is 0 Å². The van der Waals surface area contributed by atoms with Crippen molar-refractivity contribution in [3.8, 4) is 0 Å². The number of halogens is 4. The van der Waals surface area contributed by atoms with Gasteiger partial charge in [0.2, 0.25) is 5.91 Å². The fourth-order valence-electron chi connectivity index (χ4n) is 2.11. The summed E-state index contributed by atoms with van der Waals surface area (Å²) in [7, 11) is 0. The molecule has 0 radical (unpaired) electrons. The smallest absolute Gasteiger partial charge is 0.316 e. The summed E-state index contributed by atoms with van der Waals surface area (Å²) in [5.74, 6) is -0.617. The third-order valence-electron chi connectivity index (χ3n) is 3.22. The molecular formula is C14H14BrF3N2O. The van der Waals surface area contributed by atoms with Crippen molar-refractivity contribution >= 4 is 32.7 Å². The lowest BCUT2D eigenvalue weighted by Gasteiger charge is -2.14. The lowest BCUT2D eigenvalue weighted by Crippen LogP contribution is -2.28. The third-order valence-corrected chi connectivity index (χ3v) is 3.71. The zero-order valence-corrected chi connectivity index (χ0v) is 13.0. The molecule has 2 N–H and O–H groups in total. The zero-order valence-electron chi connectivity index (χ0n) is 11.4. The largest absolute Gasteiger partial charge is 0.407 e. The van der Waals surface area contributed by atoms with Gasteiger partial charge in [0.15, 0.2) is 0 Å². The first-order valence-corrected chi connectivity index (χ1v) is 7.09. The van der Waals surface area contributed by atoms with E-state index in [0.29, 0.717) is 15.4 Å². The van der Waals surface area contributed by atoms with Crippen molar-refractivity contribution in [2.45, 2.75) is 26.1 Å². The highest BCUT2D eigenvalue weighted by molar-refractivity contribution is 9.10. The van der Waals surface area contributed by atoms with E-state index in [0.717, 1.165) is 0 Å². The third kappa shape index (κ3) is 2.98. The van der Waals surface area contributed by atoms with Crippen molar-refractivity contribution in [3.05, 3.63) is 34.4 Å². The van der Waals surface area contributed by atoms with E-state index in [2.05, 4.69) is 15.9 Å². The molecule has 0 unspecified atom stereocenters. The Bertz CT molecular complexity index is 691. The number of hydrogen-bond acceptors (Lipinski definition) is 2. The van der Waals surface area contributed by atoms with E-state index in [-0.39, 0.29) is 17.4 Å². The Morgan fingerprint density at radius 3 is 2.48 bits per heavy atom. The number of nitrogens with two attached hydrogens (primary N) is 1. The average Bonchev–Trinajstić information content (AvgIpc) is 2.74. The number of aromatic nitrogens is 1.